The van der Waals surface area contributed by atoms with Gasteiger partial charge < -0.3 is 4.90 Å². The maximum Gasteiger partial charge on any atom is 0.0726 e. The van der Waals surface area contributed by atoms with E-state index < -0.39 is 5.41 Å². The van der Waals surface area contributed by atoms with Crippen LogP contribution >= 0.6 is 23.1 Å². The third kappa shape index (κ3) is 5.02. The van der Waals surface area contributed by atoms with Gasteiger partial charge in [0.25, 0.3) is 0 Å². The van der Waals surface area contributed by atoms with Gasteiger partial charge in [-0.2, -0.15) is 0 Å². The molecule has 0 amide bonds. The Bertz CT molecular complexity index is 3580. The predicted octanol–water partition coefficient (Wildman–Crippen LogP) is 17.3. The van der Waals surface area contributed by atoms with Crippen LogP contribution in [0.1, 0.15) is 22.3 Å². The van der Waals surface area contributed by atoms with Crippen LogP contribution in [-0.2, 0) is 5.41 Å². The van der Waals surface area contributed by atoms with Crippen molar-refractivity contribution in [3.8, 4) is 55.6 Å². The quantitative estimate of drug-likeness (QED) is 0.174. The Hall–Kier alpha value is -7.43. The molecule has 1 aliphatic heterocycles. The Morgan fingerprint density at radius 2 is 0.891 bits per heavy atom. The Morgan fingerprint density at radius 3 is 1.58 bits per heavy atom. The van der Waals surface area contributed by atoms with Gasteiger partial charge in [-0.3, -0.25) is 0 Å². The molecule has 0 saturated carbocycles. The van der Waals surface area contributed by atoms with Crippen molar-refractivity contribution in [1.29, 1.82) is 0 Å². The highest BCUT2D eigenvalue weighted by Gasteiger charge is 2.52. The minimum Gasteiger partial charge on any atom is -0.308 e. The third-order valence-electron chi connectivity index (χ3n) is 13.9. The van der Waals surface area contributed by atoms with Crippen LogP contribution in [0.4, 0.5) is 17.1 Å². The van der Waals surface area contributed by atoms with Crippen LogP contribution in [-0.4, -0.2) is 0 Å². The molecule has 64 heavy (non-hydrogen) atoms. The zero-order valence-electron chi connectivity index (χ0n) is 34.6. The minimum atomic E-state index is -0.511. The normalized spacial score (nSPS) is 13.7. The number of hydrogen-bond acceptors (Lipinski definition) is 3. The lowest BCUT2D eigenvalue weighted by molar-refractivity contribution is 0.793. The van der Waals surface area contributed by atoms with E-state index in [1.165, 1.54) is 119 Å². The standard InChI is InChI=1S/C61H37NS2/c1-3-15-38(16-4-1)40-29-33-54-57(35-40)63-58-36-41(39-17-5-2-6-18-39)30-34-55(58)62(54)42-31-32-49-53(37-42)61(50-25-10-7-19-43(50)44-20-8-11-26-51(44)61)52-27-14-22-46(59(49)52)48-24-13-23-47-45-21-9-12-28-56(45)64-60(47)48/h1-37H. The summed E-state index contributed by atoms with van der Waals surface area (Å²) in [7, 11) is 0. The molecule has 0 saturated heterocycles. The predicted molar refractivity (Wildman–Crippen MR) is 271 cm³/mol. The molecule has 0 bridgehead atoms. The topological polar surface area (TPSA) is 3.24 Å². The first kappa shape index (κ1) is 36.1. The van der Waals surface area contributed by atoms with E-state index in [-0.39, 0.29) is 0 Å². The van der Waals surface area contributed by atoms with E-state index in [1.54, 1.807) is 0 Å². The average Bonchev–Trinajstić information content (AvgIpc) is 4.00. The summed E-state index contributed by atoms with van der Waals surface area (Å²) in [4.78, 5) is 5.01. The second kappa shape index (κ2) is 13.8. The monoisotopic (exact) mass is 847 g/mol. The molecule has 3 aliphatic rings. The molecular weight excluding hydrogens is 811 g/mol. The van der Waals surface area contributed by atoms with Gasteiger partial charge >= 0.3 is 0 Å². The Balaban J connectivity index is 1.04. The molecule has 11 aromatic rings. The molecule has 1 nitrogen and oxygen atoms in total. The molecule has 14 rings (SSSR count). The summed E-state index contributed by atoms with van der Waals surface area (Å²) in [6.07, 6.45) is 0. The van der Waals surface area contributed by atoms with Crippen LogP contribution in [0.15, 0.2) is 234 Å². The maximum atomic E-state index is 2.54. The summed E-state index contributed by atoms with van der Waals surface area (Å²) in [5, 5.41) is 2.64. The van der Waals surface area contributed by atoms with Crippen LogP contribution in [0, 0.1) is 0 Å². The van der Waals surface area contributed by atoms with Crippen molar-refractivity contribution in [1.82, 2.24) is 0 Å². The molecule has 298 valence electrons. The van der Waals surface area contributed by atoms with Crippen LogP contribution in [0.3, 0.4) is 0 Å². The van der Waals surface area contributed by atoms with E-state index in [0.717, 1.165) is 5.69 Å². The first-order valence-corrected chi connectivity index (χ1v) is 23.6. The molecule has 0 unspecified atom stereocenters. The van der Waals surface area contributed by atoms with E-state index in [4.69, 9.17) is 0 Å². The van der Waals surface area contributed by atoms with Crippen molar-refractivity contribution in [3.05, 3.63) is 247 Å². The molecule has 0 atom stereocenters. The summed E-state index contributed by atoms with van der Waals surface area (Å²) in [6.45, 7) is 0. The number of benzene rings is 10. The SMILES string of the molecule is c1ccc(-c2ccc3c(c2)Sc2cc(-c4ccccc4)ccc2N3c2ccc3c(c2)C2(c4ccccc4-c4ccccc42)c2cccc(-c4cccc5c4sc4ccccc45)c2-3)cc1. The smallest absolute Gasteiger partial charge is 0.0726 e. The zero-order valence-corrected chi connectivity index (χ0v) is 36.3. The van der Waals surface area contributed by atoms with Crippen molar-refractivity contribution >= 4 is 60.3 Å². The number of thiophene rings is 1. The Kier molecular flexibility index (Phi) is 7.77. The van der Waals surface area contributed by atoms with Gasteiger partial charge in [0, 0.05) is 41.2 Å². The van der Waals surface area contributed by atoms with E-state index in [0.29, 0.717) is 0 Å². The van der Waals surface area contributed by atoms with Gasteiger partial charge in [0.1, 0.15) is 0 Å². The minimum absolute atomic E-state index is 0.511. The fourth-order valence-corrected chi connectivity index (χ4v) is 13.6. The molecule has 3 heteroatoms. The molecule has 10 aromatic carbocycles. The first-order chi connectivity index (χ1) is 31.7. The number of rotatable bonds is 4. The van der Waals surface area contributed by atoms with E-state index >= 15 is 0 Å². The molecule has 0 radical (unpaired) electrons. The van der Waals surface area contributed by atoms with Gasteiger partial charge in [0.2, 0.25) is 0 Å². The lowest BCUT2D eigenvalue weighted by Gasteiger charge is -2.35. The van der Waals surface area contributed by atoms with E-state index in [2.05, 4.69) is 229 Å². The highest BCUT2D eigenvalue weighted by molar-refractivity contribution is 7.99. The highest BCUT2D eigenvalue weighted by atomic mass is 32.2. The summed E-state index contributed by atoms with van der Waals surface area (Å²) < 4.78 is 2.66. The lowest BCUT2D eigenvalue weighted by Crippen LogP contribution is -2.26. The second-order valence-corrected chi connectivity index (χ2v) is 19.3. The van der Waals surface area contributed by atoms with Gasteiger partial charge in [-0.15, -0.1) is 11.3 Å². The number of hydrogen-bond donors (Lipinski definition) is 0. The molecule has 0 fully saturated rings. The van der Waals surface area contributed by atoms with Crippen LogP contribution in [0.5, 0.6) is 0 Å². The average molecular weight is 848 g/mol. The van der Waals surface area contributed by atoms with Crippen molar-refractivity contribution < 1.29 is 0 Å². The number of nitrogens with zero attached hydrogens (tertiary/aromatic N) is 1. The van der Waals surface area contributed by atoms with E-state index in [1.807, 2.05) is 23.1 Å². The van der Waals surface area contributed by atoms with Crippen LogP contribution in [0.25, 0.3) is 75.8 Å². The molecular formula is C61H37NS2. The fourth-order valence-electron chi connectivity index (χ4n) is 11.2. The van der Waals surface area contributed by atoms with Gasteiger partial charge in [0.15, 0.2) is 0 Å². The zero-order chi connectivity index (χ0) is 41.9. The lowest BCUT2D eigenvalue weighted by atomic mass is 9.70. The largest absolute Gasteiger partial charge is 0.308 e. The van der Waals surface area contributed by atoms with Crippen molar-refractivity contribution in [2.45, 2.75) is 15.2 Å². The first-order valence-electron chi connectivity index (χ1n) is 22.0. The number of anilines is 3. The second-order valence-electron chi connectivity index (χ2n) is 17.1. The summed E-state index contributed by atoms with van der Waals surface area (Å²) >= 11 is 3.78. The molecule has 0 N–H and O–H groups in total. The van der Waals surface area contributed by atoms with Gasteiger partial charge in [0.05, 0.1) is 16.8 Å². The molecule has 2 aliphatic carbocycles. The molecule has 2 heterocycles. The van der Waals surface area contributed by atoms with Gasteiger partial charge in [-0.1, -0.05) is 194 Å². The van der Waals surface area contributed by atoms with Crippen molar-refractivity contribution in [2.24, 2.45) is 0 Å². The number of fused-ring (bicyclic) bond motifs is 15. The Morgan fingerprint density at radius 1 is 0.344 bits per heavy atom. The fraction of sp³-hybridized carbons (Fsp3) is 0.0164. The van der Waals surface area contributed by atoms with Crippen LogP contribution in [0.2, 0.25) is 0 Å². The summed E-state index contributed by atoms with van der Waals surface area (Å²) in [5.41, 5.74) is 21.1. The maximum absolute atomic E-state index is 2.54. The van der Waals surface area contributed by atoms with Crippen molar-refractivity contribution in [2.75, 3.05) is 4.90 Å². The van der Waals surface area contributed by atoms with Gasteiger partial charge in [-0.25, -0.2) is 0 Å². The van der Waals surface area contributed by atoms with Crippen molar-refractivity contribution in [3.63, 3.8) is 0 Å². The highest BCUT2D eigenvalue weighted by Crippen LogP contribution is 2.65. The molecule has 1 spiro atoms. The van der Waals surface area contributed by atoms with Crippen LogP contribution < -0.4 is 4.90 Å². The van der Waals surface area contributed by atoms with E-state index in [9.17, 15) is 0 Å². The Labute approximate surface area is 380 Å². The summed E-state index contributed by atoms with van der Waals surface area (Å²) in [5.74, 6) is 0. The summed E-state index contributed by atoms with van der Waals surface area (Å²) in [6, 6.07) is 84.0. The van der Waals surface area contributed by atoms with Gasteiger partial charge in [-0.05, 0) is 115 Å². The third-order valence-corrected chi connectivity index (χ3v) is 16.2. The molecule has 1 aromatic heterocycles.